The van der Waals surface area contributed by atoms with Crippen molar-refractivity contribution in [1.29, 1.82) is 0 Å². The molecule has 0 aromatic carbocycles. The number of nitrogens with zero attached hydrogens (tertiary/aromatic N) is 1. The highest BCUT2D eigenvalue weighted by molar-refractivity contribution is 5.83. The number of hydrogen-bond donors (Lipinski definition) is 2. The van der Waals surface area contributed by atoms with E-state index in [2.05, 4.69) is 10.3 Å². The minimum atomic E-state index is -0.801. The monoisotopic (exact) mass is 266 g/mol. The fourth-order valence-electron chi connectivity index (χ4n) is 1.56. The molecule has 0 atom stereocenters. The molecular formula is C14H22N2O3. The van der Waals surface area contributed by atoms with E-state index < -0.39 is 17.3 Å². The minimum absolute atomic E-state index is 0.413. The maximum atomic E-state index is 11.6. The van der Waals surface area contributed by atoms with E-state index in [-0.39, 0.29) is 0 Å². The van der Waals surface area contributed by atoms with Crippen LogP contribution in [-0.4, -0.2) is 27.4 Å². The lowest BCUT2D eigenvalue weighted by molar-refractivity contribution is 0.0635. The second-order valence-electron chi connectivity index (χ2n) is 6.17. The third-order valence-electron chi connectivity index (χ3n) is 2.09. The Morgan fingerprint density at radius 2 is 2.00 bits per heavy atom. The maximum Gasteiger partial charge on any atom is 0.413 e. The van der Waals surface area contributed by atoms with E-state index in [1.807, 2.05) is 0 Å². The Hall–Kier alpha value is -1.62. The minimum Gasteiger partial charge on any atom is -0.444 e. The molecule has 2 N–H and O–H groups in total. The van der Waals surface area contributed by atoms with E-state index in [1.165, 1.54) is 0 Å². The molecule has 1 aromatic heterocycles. The zero-order valence-corrected chi connectivity index (χ0v) is 12.2. The summed E-state index contributed by atoms with van der Waals surface area (Å²) in [6.07, 6.45) is 1.53. The molecule has 5 heteroatoms. The number of nitrogens with one attached hydrogen (secondary N) is 1. The van der Waals surface area contributed by atoms with Gasteiger partial charge in [-0.1, -0.05) is 0 Å². The number of ether oxygens (including phenoxy) is 1. The van der Waals surface area contributed by atoms with Crippen molar-refractivity contribution in [2.24, 2.45) is 0 Å². The second kappa shape index (κ2) is 5.57. The molecule has 5 nitrogen and oxygen atoms in total. The number of anilines is 1. The van der Waals surface area contributed by atoms with Gasteiger partial charge in [-0.25, -0.2) is 9.78 Å². The first-order chi connectivity index (χ1) is 8.55. The van der Waals surface area contributed by atoms with Gasteiger partial charge in [-0.3, -0.25) is 5.32 Å². The molecule has 0 saturated carbocycles. The van der Waals surface area contributed by atoms with Gasteiger partial charge >= 0.3 is 6.09 Å². The molecule has 0 saturated heterocycles. The Kier molecular flexibility index (Phi) is 4.52. The predicted molar refractivity (Wildman–Crippen MR) is 74.1 cm³/mol. The molecule has 0 aliphatic heterocycles. The fraction of sp³-hybridized carbons (Fsp3) is 0.571. The van der Waals surface area contributed by atoms with E-state index in [0.29, 0.717) is 12.2 Å². The topological polar surface area (TPSA) is 71.5 Å². The summed E-state index contributed by atoms with van der Waals surface area (Å²) in [7, 11) is 0. The fourth-order valence-corrected chi connectivity index (χ4v) is 1.56. The van der Waals surface area contributed by atoms with Gasteiger partial charge in [0.2, 0.25) is 0 Å². The first-order valence-corrected chi connectivity index (χ1v) is 6.22. The lowest BCUT2D eigenvalue weighted by Gasteiger charge is -2.20. The third-order valence-corrected chi connectivity index (χ3v) is 2.09. The Bertz CT molecular complexity index is 445. The van der Waals surface area contributed by atoms with Crippen molar-refractivity contribution in [2.45, 2.75) is 52.2 Å². The molecule has 0 bridgehead atoms. The summed E-state index contributed by atoms with van der Waals surface area (Å²) >= 11 is 0. The largest absolute Gasteiger partial charge is 0.444 e. The van der Waals surface area contributed by atoms with Gasteiger partial charge in [-0.15, -0.1) is 0 Å². The van der Waals surface area contributed by atoms with Crippen LogP contribution in [0.4, 0.5) is 10.6 Å². The Morgan fingerprint density at radius 3 is 2.53 bits per heavy atom. The average Bonchev–Trinajstić information content (AvgIpc) is 2.11. The van der Waals surface area contributed by atoms with Crippen LogP contribution in [0.5, 0.6) is 0 Å². The van der Waals surface area contributed by atoms with Gasteiger partial charge < -0.3 is 9.84 Å². The molecule has 1 aromatic rings. The van der Waals surface area contributed by atoms with Gasteiger partial charge in [0.1, 0.15) is 11.4 Å². The molecule has 1 rings (SSSR count). The number of amides is 1. The van der Waals surface area contributed by atoms with Crippen molar-refractivity contribution in [3.63, 3.8) is 0 Å². The van der Waals surface area contributed by atoms with Crippen LogP contribution >= 0.6 is 0 Å². The van der Waals surface area contributed by atoms with Crippen LogP contribution < -0.4 is 5.32 Å². The van der Waals surface area contributed by atoms with E-state index in [4.69, 9.17) is 4.74 Å². The van der Waals surface area contributed by atoms with Crippen LogP contribution in [0.2, 0.25) is 0 Å². The van der Waals surface area contributed by atoms with Gasteiger partial charge in [0.15, 0.2) is 0 Å². The summed E-state index contributed by atoms with van der Waals surface area (Å²) in [6, 6.07) is 3.53. The van der Waals surface area contributed by atoms with Crippen LogP contribution in [0.15, 0.2) is 18.3 Å². The summed E-state index contributed by atoms with van der Waals surface area (Å²) in [5.41, 5.74) is -0.451. The van der Waals surface area contributed by atoms with Crippen molar-refractivity contribution < 1.29 is 14.6 Å². The zero-order chi connectivity index (χ0) is 14.7. The second-order valence-corrected chi connectivity index (χ2v) is 6.17. The number of aromatic nitrogens is 1. The number of carbonyl (C=O) groups excluding carboxylic acids is 1. The number of hydrogen-bond acceptors (Lipinski definition) is 4. The van der Waals surface area contributed by atoms with Gasteiger partial charge in [0, 0.05) is 12.6 Å². The van der Waals surface area contributed by atoms with Crippen molar-refractivity contribution in [3.8, 4) is 0 Å². The zero-order valence-electron chi connectivity index (χ0n) is 12.2. The number of rotatable bonds is 3. The van der Waals surface area contributed by atoms with E-state index in [1.54, 1.807) is 52.9 Å². The Balaban J connectivity index is 2.70. The van der Waals surface area contributed by atoms with Gasteiger partial charge in [0.05, 0.1) is 5.60 Å². The number of carbonyl (C=O) groups is 1. The van der Waals surface area contributed by atoms with Gasteiger partial charge in [-0.05, 0) is 52.3 Å². The van der Waals surface area contributed by atoms with Gasteiger partial charge in [-0.2, -0.15) is 0 Å². The lowest BCUT2D eigenvalue weighted by atomic mass is 10.00. The van der Waals surface area contributed by atoms with Crippen LogP contribution in [0.1, 0.15) is 40.2 Å². The molecule has 19 heavy (non-hydrogen) atoms. The van der Waals surface area contributed by atoms with Crippen LogP contribution in [-0.2, 0) is 11.2 Å². The SMILES string of the molecule is CC(C)(O)Cc1ccnc(NC(=O)OC(C)(C)C)c1. The maximum absolute atomic E-state index is 11.6. The highest BCUT2D eigenvalue weighted by Crippen LogP contribution is 2.15. The molecule has 0 aliphatic carbocycles. The molecule has 0 spiro atoms. The molecule has 106 valence electrons. The summed E-state index contributed by atoms with van der Waals surface area (Å²) in [5.74, 6) is 0.413. The highest BCUT2D eigenvalue weighted by atomic mass is 16.6. The number of pyridine rings is 1. The normalized spacial score (nSPS) is 12.1. The standard InChI is InChI=1S/C14H22N2O3/c1-13(2,3)19-12(17)16-11-8-10(6-7-15-11)9-14(4,5)18/h6-8,18H,9H2,1-5H3,(H,15,16,17). The van der Waals surface area contributed by atoms with Crippen LogP contribution in [0, 0.1) is 0 Å². The average molecular weight is 266 g/mol. The van der Waals surface area contributed by atoms with Gasteiger partial charge in [0.25, 0.3) is 0 Å². The highest BCUT2D eigenvalue weighted by Gasteiger charge is 2.17. The van der Waals surface area contributed by atoms with Crippen molar-refractivity contribution >= 4 is 11.9 Å². The Morgan fingerprint density at radius 1 is 1.37 bits per heavy atom. The number of aliphatic hydroxyl groups is 1. The third kappa shape index (κ3) is 6.76. The lowest BCUT2D eigenvalue weighted by Crippen LogP contribution is -2.27. The van der Waals surface area contributed by atoms with Crippen molar-refractivity contribution in [1.82, 2.24) is 4.98 Å². The molecule has 0 fully saturated rings. The van der Waals surface area contributed by atoms with E-state index in [9.17, 15) is 9.90 Å². The quantitative estimate of drug-likeness (QED) is 0.882. The van der Waals surface area contributed by atoms with Crippen LogP contribution in [0.3, 0.4) is 0 Å². The van der Waals surface area contributed by atoms with E-state index in [0.717, 1.165) is 5.56 Å². The summed E-state index contributed by atoms with van der Waals surface area (Å²) < 4.78 is 5.14. The van der Waals surface area contributed by atoms with Crippen molar-refractivity contribution in [2.75, 3.05) is 5.32 Å². The van der Waals surface area contributed by atoms with Crippen molar-refractivity contribution in [3.05, 3.63) is 23.9 Å². The first-order valence-electron chi connectivity index (χ1n) is 6.22. The predicted octanol–water partition coefficient (Wildman–Crippen LogP) is 2.74. The molecular weight excluding hydrogens is 244 g/mol. The molecule has 0 aliphatic rings. The summed E-state index contributed by atoms with van der Waals surface area (Å²) in [4.78, 5) is 15.6. The van der Waals surface area contributed by atoms with Crippen LogP contribution in [0.25, 0.3) is 0 Å². The smallest absolute Gasteiger partial charge is 0.413 e. The first kappa shape index (κ1) is 15.4. The molecule has 1 heterocycles. The molecule has 1 amide bonds. The van der Waals surface area contributed by atoms with E-state index >= 15 is 0 Å². The molecule has 0 unspecified atom stereocenters. The Labute approximate surface area is 114 Å². The molecule has 0 radical (unpaired) electrons. The summed E-state index contributed by atoms with van der Waals surface area (Å²) in [5, 5.41) is 12.3. The summed E-state index contributed by atoms with van der Waals surface area (Å²) in [6.45, 7) is 8.85.